The smallest absolute Gasteiger partial charge is 0.255 e. The molecule has 0 saturated heterocycles. The van der Waals surface area contributed by atoms with E-state index in [4.69, 9.17) is 9.47 Å². The topological polar surface area (TPSA) is 73.3 Å². The Morgan fingerprint density at radius 1 is 1.23 bits per heavy atom. The molecular weight excluding hydrogens is 350 g/mol. The first-order valence-electron chi connectivity index (χ1n) is 7.99. The van der Waals surface area contributed by atoms with Gasteiger partial charge in [-0.05, 0) is 37.3 Å². The van der Waals surface area contributed by atoms with Crippen LogP contribution in [0.1, 0.15) is 20.9 Å². The third-order valence-electron chi connectivity index (χ3n) is 3.86. The number of thiazole rings is 1. The van der Waals surface area contributed by atoms with Crippen molar-refractivity contribution in [3.8, 4) is 22.1 Å². The van der Waals surface area contributed by atoms with Crippen molar-refractivity contribution < 1.29 is 14.3 Å². The maximum absolute atomic E-state index is 12.6. The summed E-state index contributed by atoms with van der Waals surface area (Å²) in [5, 5.41) is 3.81. The third-order valence-corrected chi connectivity index (χ3v) is 5.07. The van der Waals surface area contributed by atoms with Crippen LogP contribution in [-0.4, -0.2) is 30.1 Å². The van der Waals surface area contributed by atoms with Crippen molar-refractivity contribution in [2.24, 2.45) is 0 Å². The van der Waals surface area contributed by atoms with Crippen LogP contribution in [0.4, 0.5) is 0 Å². The predicted octanol–water partition coefficient (Wildman–Crippen LogP) is 3.46. The predicted molar refractivity (Wildman–Crippen MR) is 101 cm³/mol. The fourth-order valence-electron chi connectivity index (χ4n) is 2.45. The van der Waals surface area contributed by atoms with Gasteiger partial charge in [-0.25, -0.2) is 4.98 Å². The minimum Gasteiger partial charge on any atom is -0.497 e. The number of amides is 1. The minimum atomic E-state index is -0.225. The van der Waals surface area contributed by atoms with E-state index in [9.17, 15) is 4.79 Å². The first-order chi connectivity index (χ1) is 12.6. The van der Waals surface area contributed by atoms with E-state index < -0.39 is 0 Å². The van der Waals surface area contributed by atoms with Crippen molar-refractivity contribution in [2.75, 3.05) is 14.2 Å². The average Bonchev–Trinajstić information content (AvgIpc) is 3.07. The molecule has 0 unspecified atom stereocenters. The van der Waals surface area contributed by atoms with E-state index in [1.165, 1.54) is 7.11 Å². The molecule has 26 heavy (non-hydrogen) atoms. The van der Waals surface area contributed by atoms with E-state index in [1.807, 2.05) is 19.1 Å². The van der Waals surface area contributed by atoms with Crippen molar-refractivity contribution in [2.45, 2.75) is 13.5 Å². The van der Waals surface area contributed by atoms with Gasteiger partial charge in [-0.3, -0.25) is 9.78 Å². The van der Waals surface area contributed by atoms with Gasteiger partial charge in [0.15, 0.2) is 0 Å². The number of nitrogens with one attached hydrogen (secondary N) is 1. The van der Waals surface area contributed by atoms with E-state index in [0.29, 0.717) is 23.6 Å². The maximum atomic E-state index is 12.6. The Balaban J connectivity index is 1.75. The summed E-state index contributed by atoms with van der Waals surface area (Å²) in [5.74, 6) is 0.876. The second-order valence-electron chi connectivity index (χ2n) is 5.52. The van der Waals surface area contributed by atoms with Crippen LogP contribution in [0, 0.1) is 6.92 Å². The highest BCUT2D eigenvalue weighted by Crippen LogP contribution is 2.28. The number of carbonyl (C=O) groups excluding carboxylic acids is 1. The molecule has 3 aromatic rings. The maximum Gasteiger partial charge on any atom is 0.255 e. The summed E-state index contributed by atoms with van der Waals surface area (Å²) >= 11 is 1.55. The number of hydrogen-bond acceptors (Lipinski definition) is 6. The number of pyridine rings is 1. The summed E-state index contributed by atoms with van der Waals surface area (Å²) < 4.78 is 10.5. The van der Waals surface area contributed by atoms with Crippen molar-refractivity contribution in [3.63, 3.8) is 0 Å². The normalized spacial score (nSPS) is 10.4. The standard InChI is InChI=1S/C19H19N3O3S/c1-12-17(26-19(22-12)13-5-4-8-20-10-13)11-21-18(23)15-9-14(24-2)6-7-16(15)25-3/h4-10H,11H2,1-3H3,(H,21,23). The Kier molecular flexibility index (Phi) is 5.48. The van der Waals surface area contributed by atoms with Gasteiger partial charge < -0.3 is 14.8 Å². The number of carbonyl (C=O) groups is 1. The summed E-state index contributed by atoms with van der Waals surface area (Å²) in [7, 11) is 3.09. The summed E-state index contributed by atoms with van der Waals surface area (Å²) in [6.45, 7) is 2.33. The van der Waals surface area contributed by atoms with E-state index in [1.54, 1.807) is 49.0 Å². The molecule has 0 radical (unpaired) electrons. The molecule has 7 heteroatoms. The van der Waals surface area contributed by atoms with Crippen molar-refractivity contribution >= 4 is 17.2 Å². The number of benzene rings is 1. The van der Waals surface area contributed by atoms with Crippen molar-refractivity contribution in [1.82, 2.24) is 15.3 Å². The second kappa shape index (κ2) is 7.97. The molecule has 0 spiro atoms. The molecule has 0 bridgehead atoms. The summed E-state index contributed by atoms with van der Waals surface area (Å²) in [4.78, 5) is 22.3. The zero-order chi connectivity index (χ0) is 18.5. The molecule has 2 heterocycles. The summed E-state index contributed by atoms with van der Waals surface area (Å²) in [5.41, 5.74) is 2.29. The van der Waals surface area contributed by atoms with Gasteiger partial charge in [0.25, 0.3) is 5.91 Å². The van der Waals surface area contributed by atoms with Crippen LogP contribution in [0.2, 0.25) is 0 Å². The van der Waals surface area contributed by atoms with Crippen LogP contribution < -0.4 is 14.8 Å². The number of aromatic nitrogens is 2. The lowest BCUT2D eigenvalue weighted by Gasteiger charge is -2.10. The second-order valence-corrected chi connectivity index (χ2v) is 6.60. The van der Waals surface area contributed by atoms with Crippen LogP contribution in [-0.2, 0) is 6.54 Å². The number of aryl methyl sites for hydroxylation is 1. The molecular formula is C19H19N3O3S. The Labute approximate surface area is 155 Å². The fourth-order valence-corrected chi connectivity index (χ4v) is 3.44. The van der Waals surface area contributed by atoms with E-state index in [0.717, 1.165) is 21.1 Å². The van der Waals surface area contributed by atoms with Gasteiger partial charge in [-0.1, -0.05) is 0 Å². The number of hydrogen-bond donors (Lipinski definition) is 1. The molecule has 1 N–H and O–H groups in total. The van der Waals surface area contributed by atoms with Crippen LogP contribution >= 0.6 is 11.3 Å². The van der Waals surface area contributed by atoms with Gasteiger partial charge in [0, 0.05) is 22.8 Å². The zero-order valence-corrected chi connectivity index (χ0v) is 15.6. The molecule has 0 atom stereocenters. The van der Waals surface area contributed by atoms with Gasteiger partial charge >= 0.3 is 0 Å². The molecule has 0 saturated carbocycles. The fraction of sp³-hybridized carbons (Fsp3) is 0.211. The molecule has 0 aliphatic heterocycles. The Bertz CT molecular complexity index is 910. The third kappa shape index (κ3) is 3.83. The van der Waals surface area contributed by atoms with Crippen molar-refractivity contribution in [1.29, 1.82) is 0 Å². The average molecular weight is 369 g/mol. The highest BCUT2D eigenvalue weighted by Gasteiger charge is 2.15. The van der Waals surface area contributed by atoms with Gasteiger partial charge in [-0.15, -0.1) is 11.3 Å². The minimum absolute atomic E-state index is 0.225. The number of ether oxygens (including phenoxy) is 2. The molecule has 0 aliphatic carbocycles. The summed E-state index contributed by atoms with van der Waals surface area (Å²) in [6.07, 6.45) is 3.51. The van der Waals surface area contributed by atoms with Crippen LogP contribution in [0.25, 0.3) is 10.6 Å². The lowest BCUT2D eigenvalue weighted by Crippen LogP contribution is -2.23. The quantitative estimate of drug-likeness (QED) is 0.720. The molecule has 134 valence electrons. The van der Waals surface area contributed by atoms with E-state index in [-0.39, 0.29) is 5.91 Å². The number of rotatable bonds is 6. The van der Waals surface area contributed by atoms with Gasteiger partial charge in [0.2, 0.25) is 0 Å². The van der Waals surface area contributed by atoms with Crippen LogP contribution in [0.3, 0.4) is 0 Å². The Hall–Kier alpha value is -2.93. The van der Waals surface area contributed by atoms with Crippen LogP contribution in [0.15, 0.2) is 42.7 Å². The van der Waals surface area contributed by atoms with E-state index >= 15 is 0 Å². The molecule has 3 rings (SSSR count). The van der Waals surface area contributed by atoms with Crippen LogP contribution in [0.5, 0.6) is 11.5 Å². The molecule has 1 aromatic carbocycles. The number of methoxy groups -OCH3 is 2. The first-order valence-corrected chi connectivity index (χ1v) is 8.81. The van der Waals surface area contributed by atoms with Crippen molar-refractivity contribution in [3.05, 3.63) is 58.9 Å². The highest BCUT2D eigenvalue weighted by molar-refractivity contribution is 7.15. The molecule has 2 aromatic heterocycles. The monoisotopic (exact) mass is 369 g/mol. The SMILES string of the molecule is COc1ccc(OC)c(C(=O)NCc2sc(-c3cccnc3)nc2C)c1. The Morgan fingerprint density at radius 3 is 2.77 bits per heavy atom. The van der Waals surface area contributed by atoms with Gasteiger partial charge in [0.05, 0.1) is 32.0 Å². The van der Waals surface area contributed by atoms with Gasteiger partial charge in [0.1, 0.15) is 16.5 Å². The molecule has 0 aliphatic rings. The first kappa shape index (κ1) is 17.9. The van der Waals surface area contributed by atoms with E-state index in [2.05, 4.69) is 15.3 Å². The summed E-state index contributed by atoms with van der Waals surface area (Å²) in [6, 6.07) is 8.97. The Morgan fingerprint density at radius 2 is 2.08 bits per heavy atom. The highest BCUT2D eigenvalue weighted by atomic mass is 32.1. The zero-order valence-electron chi connectivity index (χ0n) is 14.8. The number of nitrogens with zero attached hydrogens (tertiary/aromatic N) is 2. The largest absolute Gasteiger partial charge is 0.497 e. The lowest BCUT2D eigenvalue weighted by atomic mass is 10.1. The lowest BCUT2D eigenvalue weighted by molar-refractivity contribution is 0.0948. The van der Waals surface area contributed by atoms with Gasteiger partial charge in [-0.2, -0.15) is 0 Å². The molecule has 0 fully saturated rings. The molecule has 6 nitrogen and oxygen atoms in total. The molecule has 1 amide bonds.